The molecule has 1 aliphatic heterocycles. The first-order chi connectivity index (χ1) is 13.4. The Morgan fingerprint density at radius 3 is 2.68 bits per heavy atom. The topological polar surface area (TPSA) is 95.3 Å². The Morgan fingerprint density at radius 2 is 2.07 bits per heavy atom. The zero-order chi connectivity index (χ0) is 20.0. The van der Waals surface area contributed by atoms with Crippen molar-refractivity contribution in [1.29, 1.82) is 0 Å². The molecule has 2 unspecified atom stereocenters. The Hall–Kier alpha value is -2.01. The van der Waals surface area contributed by atoms with E-state index in [1.807, 2.05) is 0 Å². The third-order valence-corrected chi connectivity index (χ3v) is 5.63. The zero-order valence-corrected chi connectivity index (χ0v) is 16.2. The van der Waals surface area contributed by atoms with Gasteiger partial charge in [-0.1, -0.05) is 11.6 Å². The quantitative estimate of drug-likeness (QED) is 0.511. The number of nitrogens with one attached hydrogen (secondary N) is 1. The van der Waals surface area contributed by atoms with Crippen LogP contribution in [0.25, 0.3) is 16.8 Å². The van der Waals surface area contributed by atoms with Gasteiger partial charge in [-0.2, -0.15) is 14.6 Å². The summed E-state index contributed by atoms with van der Waals surface area (Å²) in [6.07, 6.45) is 3.32. The van der Waals surface area contributed by atoms with Crippen LogP contribution in [0, 0.1) is 11.6 Å². The van der Waals surface area contributed by atoms with Gasteiger partial charge in [-0.15, -0.1) is 0 Å². The van der Waals surface area contributed by atoms with Gasteiger partial charge in [-0.3, -0.25) is 0 Å². The minimum absolute atomic E-state index is 0.0410. The molecule has 3 heterocycles. The molecule has 0 bridgehead atoms. The molecule has 0 amide bonds. The second-order valence-corrected chi connectivity index (χ2v) is 8.08. The van der Waals surface area contributed by atoms with Crippen LogP contribution >= 0.6 is 11.6 Å². The van der Waals surface area contributed by atoms with Crippen molar-refractivity contribution in [2.24, 2.45) is 0 Å². The lowest BCUT2D eigenvalue weighted by Crippen LogP contribution is -2.22. The Kier molecular flexibility index (Phi) is 5.13. The van der Waals surface area contributed by atoms with E-state index >= 15 is 0 Å². The summed E-state index contributed by atoms with van der Waals surface area (Å²) in [5.74, 6) is -1.90. The van der Waals surface area contributed by atoms with E-state index in [9.17, 15) is 18.1 Å². The molecule has 1 aromatic carbocycles. The Balaban J connectivity index is 2.04. The van der Waals surface area contributed by atoms with Crippen molar-refractivity contribution >= 4 is 28.4 Å². The maximum atomic E-state index is 14.1. The summed E-state index contributed by atoms with van der Waals surface area (Å²) in [4.78, 5) is 19.1. The fourth-order valence-electron chi connectivity index (χ4n) is 3.23. The van der Waals surface area contributed by atoms with Crippen LogP contribution in [0.4, 0.5) is 8.78 Å². The molecule has 0 radical (unpaired) electrons. The number of rotatable bonds is 3. The van der Waals surface area contributed by atoms with Gasteiger partial charge in [0.15, 0.2) is 5.65 Å². The van der Waals surface area contributed by atoms with Crippen LogP contribution in [-0.2, 0) is 15.9 Å². The highest BCUT2D eigenvalue weighted by molar-refractivity contribution is 7.90. The van der Waals surface area contributed by atoms with Crippen LogP contribution in [0.15, 0.2) is 22.1 Å². The molecule has 0 saturated carbocycles. The molecule has 4 rings (SSSR count). The predicted molar refractivity (Wildman–Crippen MR) is 98.8 cm³/mol. The second kappa shape index (κ2) is 7.43. The molecule has 1 saturated heterocycles. The molecule has 1 N–H and O–H groups in total. The van der Waals surface area contributed by atoms with Gasteiger partial charge < -0.3 is 9.29 Å². The van der Waals surface area contributed by atoms with Crippen LogP contribution in [-0.4, -0.2) is 37.0 Å². The fraction of sp³-hybridized carbons (Fsp3) is 0.353. The molecule has 0 aliphatic carbocycles. The highest BCUT2D eigenvalue weighted by Crippen LogP contribution is 2.38. The van der Waals surface area contributed by atoms with Crippen molar-refractivity contribution in [3.8, 4) is 11.1 Å². The maximum absolute atomic E-state index is 14.1. The predicted octanol–water partition coefficient (Wildman–Crippen LogP) is 3.00. The molecular weight excluding hydrogens is 414 g/mol. The number of fused-ring (bicyclic) bond motifs is 1. The summed E-state index contributed by atoms with van der Waals surface area (Å²) in [6, 6.07) is 2.11. The zero-order valence-electron chi connectivity index (χ0n) is 14.7. The van der Waals surface area contributed by atoms with Crippen molar-refractivity contribution in [2.75, 3.05) is 12.9 Å². The van der Waals surface area contributed by atoms with Crippen LogP contribution in [0.3, 0.4) is 0 Å². The molecule has 3 aromatic rings. The number of ether oxygens (including phenoxy) is 1. The summed E-state index contributed by atoms with van der Waals surface area (Å²) in [5, 5.41) is 3.61. The average Bonchev–Trinajstić information content (AvgIpc) is 3.06. The van der Waals surface area contributed by atoms with Gasteiger partial charge in [-0.25, -0.2) is 18.6 Å². The van der Waals surface area contributed by atoms with Gasteiger partial charge in [-0.05, 0) is 37.0 Å². The number of H-pyrrole nitrogens is 1. The van der Waals surface area contributed by atoms with Crippen LogP contribution in [0.2, 0.25) is 5.02 Å². The number of aromatic amines is 1. The van der Waals surface area contributed by atoms with E-state index in [1.165, 1.54) is 6.26 Å². The second-order valence-electron chi connectivity index (χ2n) is 6.41. The van der Waals surface area contributed by atoms with E-state index in [2.05, 4.69) is 15.1 Å². The highest BCUT2D eigenvalue weighted by Gasteiger charge is 2.29. The van der Waals surface area contributed by atoms with Crippen molar-refractivity contribution < 1.29 is 18.1 Å². The van der Waals surface area contributed by atoms with Crippen molar-refractivity contribution in [3.05, 3.63) is 45.0 Å². The Bertz CT molecular complexity index is 1090. The van der Waals surface area contributed by atoms with Gasteiger partial charge >= 0.3 is 10.8 Å². The van der Waals surface area contributed by atoms with E-state index in [1.54, 1.807) is 0 Å². The minimum Gasteiger partial charge on any atom is -0.609 e. The molecule has 1 aliphatic rings. The number of nitrogens with zero attached hydrogens (tertiary/aromatic N) is 3. The summed E-state index contributed by atoms with van der Waals surface area (Å²) in [6.45, 7) is 0.509. The van der Waals surface area contributed by atoms with Gasteiger partial charge in [0, 0.05) is 17.8 Å². The van der Waals surface area contributed by atoms with E-state index in [4.69, 9.17) is 16.3 Å². The van der Waals surface area contributed by atoms with E-state index in [0.29, 0.717) is 18.7 Å². The monoisotopic (exact) mass is 428 g/mol. The van der Waals surface area contributed by atoms with Crippen LogP contribution < -0.4 is 5.69 Å². The Morgan fingerprint density at radius 1 is 1.36 bits per heavy atom. The smallest absolute Gasteiger partial charge is 0.353 e. The number of hydrogen-bond acceptors (Lipinski definition) is 5. The molecule has 1 fully saturated rings. The summed E-state index contributed by atoms with van der Waals surface area (Å²) >= 11 is 4.03. The lowest BCUT2D eigenvalue weighted by molar-refractivity contribution is 0.0125. The van der Waals surface area contributed by atoms with Gasteiger partial charge in [0.1, 0.15) is 34.7 Å². The molecular formula is C17H15ClF2N4O3S. The highest BCUT2D eigenvalue weighted by atomic mass is 35.5. The molecule has 0 spiro atoms. The maximum Gasteiger partial charge on any atom is 0.353 e. The first kappa shape index (κ1) is 19.3. The third kappa shape index (κ3) is 3.30. The number of benzene rings is 1. The lowest BCUT2D eigenvalue weighted by Gasteiger charge is -2.21. The van der Waals surface area contributed by atoms with Gasteiger partial charge in [0.25, 0.3) is 0 Å². The van der Waals surface area contributed by atoms with E-state index < -0.39 is 39.6 Å². The largest absolute Gasteiger partial charge is 0.609 e. The van der Waals surface area contributed by atoms with Crippen LogP contribution in [0.1, 0.15) is 31.1 Å². The summed E-state index contributed by atoms with van der Waals surface area (Å²) in [5.41, 5.74) is 0.0918. The minimum atomic E-state index is -1.58. The number of halogens is 3. The van der Waals surface area contributed by atoms with Crippen molar-refractivity contribution in [1.82, 2.24) is 19.6 Å². The standard InChI is InChI=1S/C17H15ClF2N4O3S/c1-28(26)16-21-15-12(8-6-9(19)13(18)10(20)7-8)14(11-4-2-3-5-27-11)23-24(15)17(25)22-16/h6-7,11H,2-5H2,1H3,(H,21,22,25). The van der Waals surface area contributed by atoms with Crippen LogP contribution in [0.5, 0.6) is 0 Å². The van der Waals surface area contributed by atoms with E-state index in [0.717, 1.165) is 29.5 Å². The lowest BCUT2D eigenvalue weighted by atomic mass is 9.98. The van der Waals surface area contributed by atoms with Gasteiger partial charge in [0.05, 0.1) is 5.56 Å². The normalized spacial score (nSPS) is 18.5. The number of aromatic nitrogens is 4. The molecule has 2 aromatic heterocycles. The molecule has 2 atom stereocenters. The average molecular weight is 429 g/mol. The van der Waals surface area contributed by atoms with Crippen molar-refractivity contribution in [3.63, 3.8) is 0 Å². The molecule has 28 heavy (non-hydrogen) atoms. The first-order valence-electron chi connectivity index (χ1n) is 8.49. The Labute approximate surface area is 165 Å². The summed E-state index contributed by atoms with van der Waals surface area (Å²) in [7, 11) is 0. The first-order valence-corrected chi connectivity index (χ1v) is 10.4. The SMILES string of the molecule is C[S+]([O-])c1nc2c(-c3cc(F)c(Cl)c(F)c3)c(C3CCCCO3)nn2c(=O)[nH]1. The van der Waals surface area contributed by atoms with Crippen molar-refractivity contribution in [2.45, 2.75) is 30.5 Å². The third-order valence-electron chi connectivity index (χ3n) is 4.53. The van der Waals surface area contributed by atoms with E-state index in [-0.39, 0.29) is 21.9 Å². The fourth-order valence-corrected chi connectivity index (χ4v) is 3.79. The number of hydrogen-bond donors (Lipinski definition) is 1. The summed E-state index contributed by atoms with van der Waals surface area (Å²) < 4.78 is 46.8. The molecule has 7 nitrogen and oxygen atoms in total. The molecule has 148 valence electrons. The molecule has 11 heteroatoms. The van der Waals surface area contributed by atoms with Gasteiger partial charge in [0.2, 0.25) is 0 Å².